The Labute approximate surface area is 211 Å². The van der Waals surface area contributed by atoms with Gasteiger partial charge in [-0.1, -0.05) is 53.7 Å². The molecule has 0 heterocycles. The molecule has 2 fully saturated rings. The topological polar surface area (TPSA) is 60.4 Å². The van der Waals surface area contributed by atoms with E-state index in [0.29, 0.717) is 36.0 Å². The number of Topliss-reactive ketones (excluding diaryl/α,β-unsaturated/α-hetero) is 1. The predicted molar refractivity (Wildman–Crippen MR) is 139 cm³/mol. The Kier molecular flexibility index (Phi) is 6.38. The van der Waals surface area contributed by atoms with Crippen molar-refractivity contribution in [3.05, 3.63) is 34.9 Å². The number of fused-ring (bicyclic) bond motifs is 5. The fraction of sp³-hybridized carbons (Fsp3) is 0.710. The van der Waals surface area contributed by atoms with Crippen LogP contribution in [0.1, 0.15) is 93.4 Å². The van der Waals surface area contributed by atoms with Gasteiger partial charge in [0.2, 0.25) is 0 Å². The van der Waals surface area contributed by atoms with Crippen LogP contribution in [0, 0.1) is 39.4 Å². The van der Waals surface area contributed by atoms with Crippen LogP contribution in [0.5, 0.6) is 0 Å². The van der Waals surface area contributed by atoms with Crippen molar-refractivity contribution in [2.45, 2.75) is 93.4 Å². The van der Waals surface area contributed by atoms with Gasteiger partial charge in [-0.05, 0) is 90.2 Å². The van der Waals surface area contributed by atoms with Gasteiger partial charge in [0.05, 0.1) is 7.11 Å². The first kappa shape index (κ1) is 26.1. The van der Waals surface area contributed by atoms with Crippen molar-refractivity contribution in [3.8, 4) is 0 Å². The summed E-state index contributed by atoms with van der Waals surface area (Å²) >= 11 is 0. The molecule has 4 nitrogen and oxygen atoms in total. The number of allylic oxidation sites excluding steroid dienone is 5. The molecule has 0 N–H and O–H groups in total. The van der Waals surface area contributed by atoms with E-state index >= 15 is 0 Å². The number of hydrogen-bond acceptors (Lipinski definition) is 4. The van der Waals surface area contributed by atoms with Crippen LogP contribution in [-0.2, 0) is 19.1 Å². The molecule has 0 saturated heterocycles. The van der Waals surface area contributed by atoms with Crippen LogP contribution >= 0.6 is 0 Å². The van der Waals surface area contributed by atoms with Gasteiger partial charge in [0.25, 0.3) is 0 Å². The van der Waals surface area contributed by atoms with Crippen LogP contribution in [0.15, 0.2) is 34.9 Å². The van der Waals surface area contributed by atoms with Crippen LogP contribution in [0.2, 0.25) is 0 Å². The summed E-state index contributed by atoms with van der Waals surface area (Å²) in [6.45, 7) is 15.4. The monoisotopic (exact) mass is 480 g/mol. The number of ether oxygens (including phenoxy) is 1. The summed E-state index contributed by atoms with van der Waals surface area (Å²) < 4.78 is 4.75. The summed E-state index contributed by atoms with van der Waals surface area (Å²) in [7, 11) is 1.34. The SMILES string of the molecule is COC(=O)/C(C)=C/C(=O)C[C@@H](C)[C@]1(C)CC=C2C3=CC[C@H]4C(C)(C)C(=O)CC[C@]4(C)[C@@H]3CC[C@]21C. The second kappa shape index (κ2) is 8.56. The quantitative estimate of drug-likeness (QED) is 0.321. The molecule has 4 aliphatic carbocycles. The highest BCUT2D eigenvalue weighted by Gasteiger charge is 2.61. The lowest BCUT2D eigenvalue weighted by atomic mass is 9.43. The van der Waals surface area contributed by atoms with Gasteiger partial charge in [-0.25, -0.2) is 4.79 Å². The number of carbonyl (C=O) groups is 3. The average Bonchev–Trinajstić information content (AvgIpc) is 3.08. The van der Waals surface area contributed by atoms with E-state index in [-0.39, 0.29) is 33.4 Å². The van der Waals surface area contributed by atoms with Crippen molar-refractivity contribution < 1.29 is 19.1 Å². The standard InChI is InChI=1S/C31H44O4/c1-19(27(34)35-8)17-21(32)18-20(2)30(6)15-12-24-22-9-10-25-28(3,4)26(33)13-14-29(25,5)23(22)11-16-31(24,30)7/h9,12,17,20,23,25H,10-11,13-16,18H2,1-8H3/b19-17+/t20-,23-,25+,29-,30+,31-/m1/s1. The van der Waals surface area contributed by atoms with E-state index in [0.717, 1.165) is 32.1 Å². The van der Waals surface area contributed by atoms with E-state index in [2.05, 4.69) is 53.7 Å². The van der Waals surface area contributed by atoms with Crippen LogP contribution in [-0.4, -0.2) is 24.6 Å². The first-order valence-electron chi connectivity index (χ1n) is 13.5. The van der Waals surface area contributed by atoms with Gasteiger partial charge in [-0.2, -0.15) is 0 Å². The third kappa shape index (κ3) is 3.73. The molecule has 2 saturated carbocycles. The second-order valence-electron chi connectivity index (χ2n) is 13.2. The zero-order valence-corrected chi connectivity index (χ0v) is 23.0. The molecular weight excluding hydrogens is 436 g/mol. The molecule has 4 heteroatoms. The normalized spacial score (nSPS) is 39.0. The Hall–Kier alpha value is -1.97. The first-order valence-corrected chi connectivity index (χ1v) is 13.5. The minimum Gasteiger partial charge on any atom is -0.466 e. The third-order valence-corrected chi connectivity index (χ3v) is 11.3. The molecule has 0 aliphatic heterocycles. The number of hydrogen-bond donors (Lipinski definition) is 0. The van der Waals surface area contributed by atoms with Gasteiger partial charge >= 0.3 is 5.97 Å². The summed E-state index contributed by atoms with van der Waals surface area (Å²) in [6, 6.07) is 0. The largest absolute Gasteiger partial charge is 0.466 e. The molecule has 6 atom stereocenters. The molecular formula is C31H44O4. The predicted octanol–water partition coefficient (Wildman–Crippen LogP) is 6.80. The van der Waals surface area contributed by atoms with Crippen molar-refractivity contribution in [1.29, 1.82) is 0 Å². The first-order chi connectivity index (χ1) is 16.2. The molecule has 0 spiro atoms. The molecule has 0 radical (unpaired) electrons. The maximum Gasteiger partial charge on any atom is 0.333 e. The molecule has 4 aliphatic rings. The summed E-state index contributed by atoms with van der Waals surface area (Å²) in [5.41, 5.74) is 3.32. The summed E-state index contributed by atoms with van der Waals surface area (Å²) in [5, 5.41) is 0. The highest BCUT2D eigenvalue weighted by molar-refractivity contribution is 5.99. The molecule has 0 bridgehead atoms. The zero-order valence-electron chi connectivity index (χ0n) is 23.0. The van der Waals surface area contributed by atoms with Gasteiger partial charge < -0.3 is 4.74 Å². The van der Waals surface area contributed by atoms with E-state index in [4.69, 9.17) is 4.74 Å². The van der Waals surface area contributed by atoms with Gasteiger partial charge in [0, 0.05) is 23.8 Å². The number of esters is 1. The second-order valence-corrected chi connectivity index (χ2v) is 13.2. The molecule has 0 amide bonds. The molecule has 0 aromatic rings. The number of ketones is 2. The summed E-state index contributed by atoms with van der Waals surface area (Å²) in [6.07, 6.45) is 12.7. The third-order valence-electron chi connectivity index (χ3n) is 11.3. The van der Waals surface area contributed by atoms with E-state index in [1.165, 1.54) is 24.3 Å². The van der Waals surface area contributed by atoms with Crippen molar-refractivity contribution in [2.24, 2.45) is 39.4 Å². The van der Waals surface area contributed by atoms with E-state index < -0.39 is 5.97 Å². The molecule has 0 unspecified atom stereocenters. The Morgan fingerprint density at radius 2 is 1.83 bits per heavy atom. The average molecular weight is 481 g/mol. The van der Waals surface area contributed by atoms with Gasteiger partial charge in [0.1, 0.15) is 5.78 Å². The van der Waals surface area contributed by atoms with Gasteiger partial charge in [-0.15, -0.1) is 0 Å². The van der Waals surface area contributed by atoms with Crippen molar-refractivity contribution in [1.82, 2.24) is 0 Å². The molecule has 0 aromatic carbocycles. The van der Waals surface area contributed by atoms with Crippen molar-refractivity contribution in [3.63, 3.8) is 0 Å². The molecule has 4 rings (SSSR count). The van der Waals surface area contributed by atoms with Crippen LogP contribution in [0.4, 0.5) is 0 Å². The lowest BCUT2D eigenvalue weighted by molar-refractivity contribution is -0.144. The Morgan fingerprint density at radius 3 is 2.49 bits per heavy atom. The Morgan fingerprint density at radius 1 is 1.14 bits per heavy atom. The smallest absolute Gasteiger partial charge is 0.333 e. The number of methoxy groups -OCH3 is 1. The maximum absolute atomic E-state index is 12.8. The minimum atomic E-state index is -0.448. The van der Waals surface area contributed by atoms with Crippen LogP contribution in [0.25, 0.3) is 0 Å². The molecule has 192 valence electrons. The van der Waals surface area contributed by atoms with E-state index in [9.17, 15) is 14.4 Å². The summed E-state index contributed by atoms with van der Waals surface area (Å²) in [5.74, 6) is 1.08. The fourth-order valence-corrected chi connectivity index (χ4v) is 8.56. The maximum atomic E-state index is 12.8. The van der Waals surface area contributed by atoms with Gasteiger partial charge in [-0.3, -0.25) is 9.59 Å². The lowest BCUT2D eigenvalue weighted by Gasteiger charge is -2.60. The Balaban J connectivity index is 1.59. The highest BCUT2D eigenvalue weighted by atomic mass is 16.5. The molecule has 35 heavy (non-hydrogen) atoms. The number of rotatable bonds is 5. The number of carbonyl (C=O) groups excluding carboxylic acids is 3. The summed E-state index contributed by atoms with van der Waals surface area (Å²) in [4.78, 5) is 37.3. The van der Waals surface area contributed by atoms with Crippen LogP contribution < -0.4 is 0 Å². The zero-order chi connectivity index (χ0) is 26.0. The highest BCUT2D eigenvalue weighted by Crippen LogP contribution is 2.70. The van der Waals surface area contributed by atoms with Crippen molar-refractivity contribution >= 4 is 17.5 Å². The van der Waals surface area contributed by atoms with Crippen molar-refractivity contribution in [2.75, 3.05) is 7.11 Å². The lowest BCUT2D eigenvalue weighted by Crippen LogP contribution is -2.55. The molecule has 0 aromatic heterocycles. The fourth-order valence-electron chi connectivity index (χ4n) is 8.56. The Bertz CT molecular complexity index is 1040. The van der Waals surface area contributed by atoms with E-state index in [1.807, 2.05) is 0 Å². The van der Waals surface area contributed by atoms with Gasteiger partial charge in [0.15, 0.2) is 5.78 Å². The minimum absolute atomic E-state index is 0.00583. The van der Waals surface area contributed by atoms with Crippen LogP contribution in [0.3, 0.4) is 0 Å². The van der Waals surface area contributed by atoms with E-state index in [1.54, 1.807) is 6.92 Å².